The Morgan fingerprint density at radius 2 is 1.51 bits per heavy atom. The number of fused-ring (bicyclic) bond motifs is 1. The Labute approximate surface area is 205 Å². The fourth-order valence-electron chi connectivity index (χ4n) is 4.11. The summed E-state index contributed by atoms with van der Waals surface area (Å²) in [5.41, 5.74) is 3.48. The fourth-order valence-corrected chi connectivity index (χ4v) is 5.55. The number of rotatable bonds is 9. The van der Waals surface area contributed by atoms with Crippen molar-refractivity contribution < 1.29 is 23.1 Å². The maximum Gasteiger partial charge on any atom is 0.324 e. The van der Waals surface area contributed by atoms with E-state index < -0.39 is 22.5 Å². The number of nitrogens with zero attached hydrogens (tertiary/aromatic N) is 1. The Hall–Kier alpha value is -3.84. The molecular weight excluding hydrogens is 462 g/mol. The van der Waals surface area contributed by atoms with Gasteiger partial charge >= 0.3 is 5.97 Å². The number of methoxy groups -OCH3 is 1. The molecule has 0 aliphatic heterocycles. The monoisotopic (exact) mass is 489 g/mol. The van der Waals surface area contributed by atoms with E-state index in [9.17, 15) is 18.3 Å². The van der Waals surface area contributed by atoms with E-state index in [1.807, 2.05) is 61.5 Å². The van der Waals surface area contributed by atoms with Crippen molar-refractivity contribution in [2.24, 2.45) is 0 Å². The Bertz CT molecular complexity index is 1450. The second-order valence-corrected chi connectivity index (χ2v) is 10.2. The van der Waals surface area contributed by atoms with Gasteiger partial charge in [-0.05, 0) is 66.6 Å². The molecule has 0 atom stereocenters. The van der Waals surface area contributed by atoms with Gasteiger partial charge in [0.1, 0.15) is 12.3 Å². The largest absolute Gasteiger partial charge is 0.497 e. The van der Waals surface area contributed by atoms with Gasteiger partial charge in [-0.25, -0.2) is 8.42 Å². The lowest BCUT2D eigenvalue weighted by molar-refractivity contribution is -0.135. The molecule has 0 aliphatic carbocycles. The van der Waals surface area contributed by atoms with Crippen molar-refractivity contribution in [1.29, 1.82) is 0 Å². The molecule has 0 radical (unpaired) electrons. The Kier molecular flexibility index (Phi) is 7.07. The molecule has 0 unspecified atom stereocenters. The first kappa shape index (κ1) is 24.3. The molecule has 7 heteroatoms. The fraction of sp³-hybridized carbons (Fsp3) is 0.179. The van der Waals surface area contributed by atoms with Crippen LogP contribution >= 0.6 is 0 Å². The van der Waals surface area contributed by atoms with Crippen LogP contribution in [0.3, 0.4) is 0 Å². The quantitative estimate of drug-likeness (QED) is 0.348. The average molecular weight is 490 g/mol. The Morgan fingerprint density at radius 3 is 2.14 bits per heavy atom. The van der Waals surface area contributed by atoms with Crippen molar-refractivity contribution in [3.8, 4) is 5.75 Å². The summed E-state index contributed by atoms with van der Waals surface area (Å²) in [5.74, 6) is -0.426. The van der Waals surface area contributed by atoms with Gasteiger partial charge in [-0.15, -0.1) is 0 Å². The first-order valence-electron chi connectivity index (χ1n) is 11.2. The summed E-state index contributed by atoms with van der Waals surface area (Å²) in [4.78, 5) is 11.8. The van der Waals surface area contributed by atoms with Crippen LogP contribution in [0.25, 0.3) is 10.8 Å². The number of aryl methyl sites for hydroxylation is 3. The zero-order valence-electron chi connectivity index (χ0n) is 19.6. The second kappa shape index (κ2) is 10.2. The van der Waals surface area contributed by atoms with Crippen molar-refractivity contribution in [2.45, 2.75) is 24.7 Å². The molecule has 6 nitrogen and oxygen atoms in total. The van der Waals surface area contributed by atoms with Gasteiger partial charge in [0.15, 0.2) is 0 Å². The molecule has 35 heavy (non-hydrogen) atoms. The van der Waals surface area contributed by atoms with Crippen LogP contribution in [0.5, 0.6) is 5.75 Å². The highest BCUT2D eigenvalue weighted by atomic mass is 32.2. The highest BCUT2D eigenvalue weighted by Gasteiger charge is 2.28. The normalized spacial score (nSPS) is 11.4. The van der Waals surface area contributed by atoms with Crippen molar-refractivity contribution in [1.82, 2.24) is 0 Å². The zero-order valence-corrected chi connectivity index (χ0v) is 20.5. The molecule has 180 valence electrons. The van der Waals surface area contributed by atoms with Crippen molar-refractivity contribution >= 4 is 32.5 Å². The number of sulfonamides is 1. The van der Waals surface area contributed by atoms with Crippen LogP contribution in [0.4, 0.5) is 5.69 Å². The molecule has 0 saturated carbocycles. The van der Waals surface area contributed by atoms with Crippen molar-refractivity contribution in [2.75, 3.05) is 18.0 Å². The number of anilines is 1. The zero-order chi connectivity index (χ0) is 25.0. The van der Waals surface area contributed by atoms with Crippen molar-refractivity contribution in [3.05, 3.63) is 102 Å². The standard InChI is InChI=1S/C28H27NO5S/c1-20-7-16-24(17-8-20)35(32,33)29(19-28(30)31)27-18-13-22(25-5-3-4-6-26(25)27)12-9-21-10-14-23(34-2)15-11-21/h3-8,10-11,13-18H,9,12,19H2,1-2H3,(H,30,31). The first-order chi connectivity index (χ1) is 16.8. The summed E-state index contributed by atoms with van der Waals surface area (Å²) in [6.07, 6.45) is 1.55. The van der Waals surface area contributed by atoms with Crippen LogP contribution in [0, 0.1) is 6.92 Å². The van der Waals surface area contributed by atoms with Gasteiger partial charge in [0.25, 0.3) is 10.0 Å². The highest BCUT2D eigenvalue weighted by molar-refractivity contribution is 7.92. The number of hydrogen-bond donors (Lipinski definition) is 1. The predicted molar refractivity (Wildman–Crippen MR) is 138 cm³/mol. The first-order valence-corrected chi connectivity index (χ1v) is 12.7. The number of aliphatic carboxylic acids is 1. The molecule has 0 heterocycles. The summed E-state index contributed by atoms with van der Waals surface area (Å²) in [6, 6.07) is 25.4. The van der Waals surface area contributed by atoms with Crippen LogP contribution in [0.15, 0.2) is 89.8 Å². The van der Waals surface area contributed by atoms with Crippen LogP contribution in [-0.2, 0) is 27.7 Å². The van der Waals surface area contributed by atoms with Crippen LogP contribution in [-0.4, -0.2) is 33.1 Å². The van der Waals surface area contributed by atoms with E-state index in [2.05, 4.69) is 0 Å². The molecule has 1 N–H and O–H groups in total. The summed E-state index contributed by atoms with van der Waals surface area (Å²) >= 11 is 0. The van der Waals surface area contributed by atoms with E-state index in [0.717, 1.165) is 45.0 Å². The molecule has 0 aromatic heterocycles. The maximum absolute atomic E-state index is 13.5. The lowest BCUT2D eigenvalue weighted by Crippen LogP contribution is -2.36. The van der Waals surface area contributed by atoms with E-state index in [0.29, 0.717) is 11.1 Å². The molecule has 4 aromatic rings. The van der Waals surface area contributed by atoms with Crippen LogP contribution < -0.4 is 9.04 Å². The summed E-state index contributed by atoms with van der Waals surface area (Å²) in [7, 11) is -2.46. The van der Waals surface area contributed by atoms with Crippen LogP contribution in [0.2, 0.25) is 0 Å². The number of carboxylic acid groups (broad SMARTS) is 1. The smallest absolute Gasteiger partial charge is 0.324 e. The minimum absolute atomic E-state index is 0.0528. The summed E-state index contributed by atoms with van der Waals surface area (Å²) in [5, 5.41) is 11.1. The topological polar surface area (TPSA) is 83.9 Å². The van der Waals surface area contributed by atoms with Gasteiger partial charge in [0, 0.05) is 5.39 Å². The van der Waals surface area contributed by atoms with Gasteiger partial charge in [0.05, 0.1) is 17.7 Å². The minimum atomic E-state index is -4.09. The number of ether oxygens (including phenoxy) is 1. The van der Waals surface area contributed by atoms with Crippen LogP contribution in [0.1, 0.15) is 16.7 Å². The van der Waals surface area contributed by atoms with Gasteiger partial charge in [-0.2, -0.15) is 0 Å². The predicted octanol–water partition coefficient (Wildman–Crippen LogP) is 5.22. The van der Waals surface area contributed by atoms with Gasteiger partial charge in [-0.1, -0.05) is 60.2 Å². The molecule has 0 spiro atoms. The summed E-state index contributed by atoms with van der Waals surface area (Å²) in [6.45, 7) is 1.19. The number of hydrogen-bond acceptors (Lipinski definition) is 4. The molecular formula is C28H27NO5S. The molecule has 4 rings (SSSR count). The molecule has 0 bridgehead atoms. The minimum Gasteiger partial charge on any atom is -0.497 e. The number of carboxylic acids is 1. The molecule has 0 saturated heterocycles. The van der Waals surface area contributed by atoms with Crippen molar-refractivity contribution in [3.63, 3.8) is 0 Å². The SMILES string of the molecule is COc1ccc(CCc2ccc(N(CC(=O)O)S(=O)(=O)c3ccc(C)cc3)c3ccccc23)cc1. The Morgan fingerprint density at radius 1 is 0.857 bits per heavy atom. The second-order valence-electron chi connectivity index (χ2n) is 8.36. The number of carbonyl (C=O) groups is 1. The molecule has 4 aromatic carbocycles. The average Bonchev–Trinajstić information content (AvgIpc) is 2.86. The third-order valence-corrected chi connectivity index (χ3v) is 7.76. The molecule has 0 aliphatic rings. The maximum atomic E-state index is 13.5. The van der Waals surface area contributed by atoms with Gasteiger partial charge < -0.3 is 9.84 Å². The number of benzene rings is 4. The third-order valence-electron chi connectivity index (χ3n) is 5.99. The Balaban J connectivity index is 1.74. The van der Waals surface area contributed by atoms with E-state index >= 15 is 0 Å². The highest BCUT2D eigenvalue weighted by Crippen LogP contribution is 2.33. The van der Waals surface area contributed by atoms with E-state index in [-0.39, 0.29) is 4.90 Å². The third kappa shape index (κ3) is 5.30. The van der Waals surface area contributed by atoms with E-state index in [1.54, 1.807) is 25.3 Å². The van der Waals surface area contributed by atoms with Gasteiger partial charge in [-0.3, -0.25) is 9.10 Å². The lowest BCUT2D eigenvalue weighted by atomic mass is 9.97. The van der Waals surface area contributed by atoms with E-state index in [1.165, 1.54) is 12.1 Å². The summed E-state index contributed by atoms with van der Waals surface area (Å²) < 4.78 is 33.3. The van der Waals surface area contributed by atoms with Gasteiger partial charge in [0.2, 0.25) is 0 Å². The molecule has 0 amide bonds. The van der Waals surface area contributed by atoms with E-state index in [4.69, 9.17) is 4.74 Å². The lowest BCUT2D eigenvalue weighted by Gasteiger charge is -2.25. The molecule has 0 fully saturated rings.